The van der Waals surface area contributed by atoms with Gasteiger partial charge in [0.2, 0.25) is 0 Å². The standard InChI is InChI=1S/C18H24F3N3O.C9H6BrF3N2.C9H19NO.BrH/c1-3-15(13(2)25)6-4-5-11-22-12-14-7-9-16(10-8-14)17(23-24-17)18(19,20)21;10-5-6-1-3-7(4-2-6)8(14-15-8)9(11,12)13;1-3-9(8(2)11)6-4-5-7-10;/h7-10,15,22H,3-6,11-12H2,1-2H3;1-4H,5H2;9H,3-7,10H2,1-2H3;1H. The van der Waals surface area contributed by atoms with Gasteiger partial charge in [0.1, 0.15) is 11.6 Å². The van der Waals surface area contributed by atoms with Crippen LogP contribution in [0.15, 0.2) is 69.0 Å². The van der Waals surface area contributed by atoms with Crippen LogP contribution < -0.4 is 11.1 Å². The Morgan fingerprint density at radius 1 is 0.712 bits per heavy atom. The molecule has 0 saturated heterocycles. The summed E-state index contributed by atoms with van der Waals surface area (Å²) < 4.78 is 76.4. The number of ketones is 2. The summed E-state index contributed by atoms with van der Waals surface area (Å²) in [5.74, 6) is 1.01. The molecule has 3 N–H and O–H groups in total. The van der Waals surface area contributed by atoms with Crippen molar-refractivity contribution in [1.82, 2.24) is 5.32 Å². The topological polar surface area (TPSA) is 122 Å². The fraction of sp³-hybridized carbons (Fsp3) is 0.611. The quantitative estimate of drug-likeness (QED) is 0.0880. The van der Waals surface area contributed by atoms with Gasteiger partial charge in [-0.2, -0.15) is 26.3 Å². The Morgan fingerprint density at radius 2 is 1.10 bits per heavy atom. The van der Waals surface area contributed by atoms with Crippen LogP contribution in [0.1, 0.15) is 101 Å². The molecule has 0 aromatic heterocycles. The van der Waals surface area contributed by atoms with Gasteiger partial charge in [0.05, 0.1) is 0 Å². The van der Waals surface area contributed by atoms with E-state index in [0.717, 1.165) is 75.6 Å². The van der Waals surface area contributed by atoms with E-state index in [1.165, 1.54) is 24.3 Å². The predicted octanol–water partition coefficient (Wildman–Crippen LogP) is 10.8. The Hall–Kier alpha value is -2.56. The average molecular weight is 873 g/mol. The maximum atomic E-state index is 12.9. The van der Waals surface area contributed by atoms with Crippen molar-refractivity contribution in [2.75, 3.05) is 13.1 Å². The zero-order valence-corrected chi connectivity index (χ0v) is 33.3. The highest BCUT2D eigenvalue weighted by atomic mass is 79.9. The number of rotatable bonds is 18. The maximum Gasteiger partial charge on any atom is 0.442 e. The van der Waals surface area contributed by atoms with Crippen molar-refractivity contribution in [3.8, 4) is 0 Å². The summed E-state index contributed by atoms with van der Waals surface area (Å²) in [6.45, 7) is 9.56. The molecule has 2 heterocycles. The van der Waals surface area contributed by atoms with Crippen molar-refractivity contribution in [3.63, 3.8) is 0 Å². The lowest BCUT2D eigenvalue weighted by Crippen LogP contribution is -2.30. The minimum absolute atomic E-state index is 0. The number of hydrogen-bond acceptors (Lipinski definition) is 8. The average Bonchev–Trinajstić information content (AvgIpc) is 4.01. The second-order valence-electron chi connectivity index (χ2n) is 12.7. The molecule has 16 heteroatoms. The highest BCUT2D eigenvalue weighted by Crippen LogP contribution is 2.53. The largest absolute Gasteiger partial charge is 0.442 e. The number of nitrogens with two attached hydrogens (primary N) is 1. The molecule has 8 nitrogen and oxygen atoms in total. The monoisotopic (exact) mass is 870 g/mol. The lowest BCUT2D eigenvalue weighted by Gasteiger charge is -2.15. The van der Waals surface area contributed by atoms with Gasteiger partial charge in [-0.3, -0.25) is 9.59 Å². The summed E-state index contributed by atoms with van der Waals surface area (Å²) in [6.07, 6.45) is -1.05. The normalized spacial score (nSPS) is 15.9. The minimum Gasteiger partial charge on any atom is -0.330 e. The fourth-order valence-corrected chi connectivity index (χ4v) is 5.74. The highest BCUT2D eigenvalue weighted by molar-refractivity contribution is 9.08. The van der Waals surface area contributed by atoms with E-state index in [1.807, 2.05) is 6.92 Å². The number of nitrogens with one attached hydrogen (secondary N) is 1. The Bertz CT molecular complexity index is 1420. The van der Waals surface area contributed by atoms with Crippen LogP contribution in [-0.2, 0) is 32.8 Å². The summed E-state index contributed by atoms with van der Waals surface area (Å²) in [5.41, 5.74) is 2.66. The number of carbonyl (C=O) groups excluding carboxylic acids is 2. The van der Waals surface area contributed by atoms with E-state index in [-0.39, 0.29) is 45.7 Å². The first-order valence-corrected chi connectivity index (χ1v) is 18.3. The summed E-state index contributed by atoms with van der Waals surface area (Å²) in [5, 5.41) is 16.5. The van der Waals surface area contributed by atoms with Crippen LogP contribution in [0.2, 0.25) is 0 Å². The lowest BCUT2D eigenvalue weighted by atomic mass is 9.95. The minimum atomic E-state index is -4.48. The summed E-state index contributed by atoms with van der Waals surface area (Å²) >= 11 is 3.22. The molecule has 4 rings (SSSR count). The molecule has 0 saturated carbocycles. The number of carbonyl (C=O) groups is 2. The van der Waals surface area contributed by atoms with Gasteiger partial charge in [-0.05, 0) is 76.6 Å². The molecular weight excluding hydrogens is 822 g/mol. The SMILES string of the molecule is Br.CCC(CCCCN)C(C)=O.CCC(CCCCNCc1ccc(C2(C(F)(F)F)N=N2)cc1)C(C)=O.FC(F)(F)C1(c2ccc(CBr)cc2)N=N1. The van der Waals surface area contributed by atoms with E-state index < -0.39 is 23.7 Å². The summed E-state index contributed by atoms with van der Waals surface area (Å²) in [7, 11) is 0. The third-order valence-electron chi connectivity index (χ3n) is 8.89. The zero-order valence-electron chi connectivity index (χ0n) is 30.0. The van der Waals surface area contributed by atoms with Crippen molar-refractivity contribution in [2.24, 2.45) is 38.0 Å². The molecule has 2 aliphatic rings. The molecule has 2 unspecified atom stereocenters. The fourth-order valence-electron chi connectivity index (χ4n) is 5.36. The van der Waals surface area contributed by atoms with E-state index in [9.17, 15) is 35.9 Å². The smallest absolute Gasteiger partial charge is 0.330 e. The third-order valence-corrected chi connectivity index (χ3v) is 9.53. The van der Waals surface area contributed by atoms with Gasteiger partial charge in [-0.25, -0.2) is 0 Å². The third kappa shape index (κ3) is 14.0. The molecule has 0 amide bonds. The Balaban J connectivity index is 0.000000426. The molecule has 0 spiro atoms. The first kappa shape index (κ1) is 47.5. The van der Waals surface area contributed by atoms with Crippen LogP contribution in [-0.4, -0.2) is 37.0 Å². The van der Waals surface area contributed by atoms with E-state index in [2.05, 4.69) is 48.6 Å². The number of halogens is 8. The number of Topliss-reactive ketones (excluding diaryl/α,β-unsaturated/α-hetero) is 2. The van der Waals surface area contributed by atoms with Crippen molar-refractivity contribution in [1.29, 1.82) is 0 Å². The molecule has 52 heavy (non-hydrogen) atoms. The van der Waals surface area contributed by atoms with Crippen LogP contribution in [0, 0.1) is 11.8 Å². The van der Waals surface area contributed by atoms with Gasteiger partial charge in [-0.15, -0.1) is 37.4 Å². The van der Waals surface area contributed by atoms with Crippen LogP contribution in [0.4, 0.5) is 26.3 Å². The van der Waals surface area contributed by atoms with E-state index >= 15 is 0 Å². The molecule has 0 fully saturated rings. The lowest BCUT2D eigenvalue weighted by molar-refractivity contribution is -0.166. The molecule has 0 aliphatic carbocycles. The van der Waals surface area contributed by atoms with Crippen molar-refractivity contribution < 1.29 is 35.9 Å². The molecule has 2 aromatic carbocycles. The molecule has 0 bridgehead atoms. The Morgan fingerprint density at radius 3 is 1.40 bits per heavy atom. The second kappa shape index (κ2) is 22.0. The molecule has 292 valence electrons. The second-order valence-corrected chi connectivity index (χ2v) is 13.2. The molecule has 0 radical (unpaired) electrons. The van der Waals surface area contributed by atoms with Gasteiger partial charge in [-0.1, -0.05) is 91.1 Å². The molecule has 2 atom stereocenters. The van der Waals surface area contributed by atoms with Crippen LogP contribution in [0.3, 0.4) is 0 Å². The van der Waals surface area contributed by atoms with Gasteiger partial charge in [0.25, 0.3) is 0 Å². The zero-order chi connectivity index (χ0) is 38.3. The number of nitrogens with zero attached hydrogens (tertiary/aromatic N) is 4. The van der Waals surface area contributed by atoms with Crippen LogP contribution in [0.25, 0.3) is 0 Å². The molecule has 2 aromatic rings. The summed E-state index contributed by atoms with van der Waals surface area (Å²) in [6, 6.07) is 12.3. The highest BCUT2D eigenvalue weighted by Gasteiger charge is 2.65. The van der Waals surface area contributed by atoms with E-state index in [1.54, 1.807) is 38.1 Å². The first-order chi connectivity index (χ1) is 24.0. The predicted molar refractivity (Wildman–Crippen MR) is 198 cm³/mol. The van der Waals surface area contributed by atoms with Crippen molar-refractivity contribution in [2.45, 2.75) is 115 Å². The van der Waals surface area contributed by atoms with Crippen molar-refractivity contribution >= 4 is 44.5 Å². The number of benzene rings is 2. The first-order valence-electron chi connectivity index (χ1n) is 17.2. The van der Waals surface area contributed by atoms with Crippen LogP contribution >= 0.6 is 32.9 Å². The van der Waals surface area contributed by atoms with Crippen LogP contribution in [0.5, 0.6) is 0 Å². The maximum absolute atomic E-state index is 12.9. The number of hydrogen-bond donors (Lipinski definition) is 2. The Kier molecular flexibility index (Phi) is 20.1. The molecule has 2 aliphatic heterocycles. The van der Waals surface area contributed by atoms with Gasteiger partial charge < -0.3 is 11.1 Å². The van der Waals surface area contributed by atoms with Gasteiger partial charge >= 0.3 is 23.7 Å². The Labute approximate surface area is 321 Å². The van der Waals surface area contributed by atoms with Gasteiger partial charge in [0, 0.05) is 34.8 Å². The van der Waals surface area contributed by atoms with Crippen molar-refractivity contribution in [3.05, 3.63) is 70.8 Å². The van der Waals surface area contributed by atoms with E-state index in [4.69, 9.17) is 5.73 Å². The van der Waals surface area contributed by atoms with E-state index in [0.29, 0.717) is 17.7 Å². The molecular formula is C36H50Br2F6N6O2. The number of unbranched alkanes of at least 4 members (excludes halogenated alkanes) is 2. The van der Waals surface area contributed by atoms with Gasteiger partial charge in [0.15, 0.2) is 0 Å². The summed E-state index contributed by atoms with van der Waals surface area (Å²) in [4.78, 5) is 22.3. The number of alkyl halides is 7.